The molecule has 0 amide bonds. The molecule has 1 heterocycles. The van der Waals surface area contributed by atoms with Crippen LogP contribution in [-0.4, -0.2) is 10.1 Å². The van der Waals surface area contributed by atoms with Crippen LogP contribution in [0.3, 0.4) is 0 Å². The maximum absolute atomic E-state index is 5.70. The quantitative estimate of drug-likeness (QED) is 0.837. The third-order valence-electron chi connectivity index (χ3n) is 3.55. The molecule has 90 valence electrons. The Morgan fingerprint density at radius 3 is 2.50 bits per heavy atom. The fourth-order valence-electron chi connectivity index (χ4n) is 2.26. The zero-order valence-electron chi connectivity index (χ0n) is 10.4. The molecule has 1 aromatic heterocycles. The number of nitrogens with two attached hydrogens (primary N) is 1. The summed E-state index contributed by atoms with van der Waals surface area (Å²) in [5.74, 6) is 1.87. The number of rotatable bonds is 2. The lowest BCUT2D eigenvalue weighted by molar-refractivity contribution is 0.218. The smallest absolute Gasteiger partial charge is 0.243 e. The van der Waals surface area contributed by atoms with E-state index in [2.05, 4.69) is 24.0 Å². The molecular weight excluding hydrogens is 202 g/mol. The van der Waals surface area contributed by atoms with Crippen molar-refractivity contribution in [2.75, 3.05) is 0 Å². The molecule has 4 heteroatoms. The van der Waals surface area contributed by atoms with E-state index in [9.17, 15) is 0 Å². The highest BCUT2D eigenvalue weighted by molar-refractivity contribution is 5.00. The van der Waals surface area contributed by atoms with E-state index in [4.69, 9.17) is 10.3 Å². The largest absolute Gasteiger partial charge is 0.338 e. The van der Waals surface area contributed by atoms with Gasteiger partial charge >= 0.3 is 0 Å². The van der Waals surface area contributed by atoms with Gasteiger partial charge in [0.2, 0.25) is 5.89 Å². The number of hydrogen-bond donors (Lipinski definition) is 1. The van der Waals surface area contributed by atoms with Crippen molar-refractivity contribution < 1.29 is 4.52 Å². The second kappa shape index (κ2) is 4.17. The van der Waals surface area contributed by atoms with Crippen molar-refractivity contribution in [2.24, 2.45) is 11.1 Å². The standard InChI is InChI=1S/C12H21N3O/c1-8(13)11-14-10(15-16-11)9-4-6-12(2,3)7-5-9/h8-9H,4-7,13H2,1-3H3/t8-/m1/s1. The molecule has 2 N–H and O–H groups in total. The first kappa shape index (κ1) is 11.6. The van der Waals surface area contributed by atoms with Crippen molar-refractivity contribution in [3.05, 3.63) is 11.7 Å². The van der Waals surface area contributed by atoms with E-state index in [0.29, 0.717) is 17.2 Å². The summed E-state index contributed by atoms with van der Waals surface area (Å²) in [7, 11) is 0. The van der Waals surface area contributed by atoms with Crippen LogP contribution in [0, 0.1) is 5.41 Å². The van der Waals surface area contributed by atoms with Crippen LogP contribution in [0.4, 0.5) is 0 Å². The van der Waals surface area contributed by atoms with Gasteiger partial charge in [-0.15, -0.1) is 0 Å². The summed E-state index contributed by atoms with van der Waals surface area (Å²) >= 11 is 0. The second-order valence-electron chi connectivity index (χ2n) is 5.72. The monoisotopic (exact) mass is 223 g/mol. The van der Waals surface area contributed by atoms with Crippen molar-refractivity contribution >= 4 is 0 Å². The van der Waals surface area contributed by atoms with E-state index in [1.807, 2.05) is 6.92 Å². The zero-order chi connectivity index (χ0) is 11.8. The molecule has 0 radical (unpaired) electrons. The van der Waals surface area contributed by atoms with Gasteiger partial charge in [-0.3, -0.25) is 0 Å². The SMILES string of the molecule is C[C@@H](N)c1nc(C2CCC(C)(C)CC2)no1. The van der Waals surface area contributed by atoms with Crippen LogP contribution in [-0.2, 0) is 0 Å². The Hall–Kier alpha value is -0.900. The van der Waals surface area contributed by atoms with E-state index < -0.39 is 0 Å². The van der Waals surface area contributed by atoms with Crippen LogP contribution in [0.25, 0.3) is 0 Å². The summed E-state index contributed by atoms with van der Waals surface area (Å²) in [4.78, 5) is 4.38. The second-order valence-corrected chi connectivity index (χ2v) is 5.72. The predicted molar refractivity (Wildman–Crippen MR) is 61.9 cm³/mol. The van der Waals surface area contributed by atoms with Gasteiger partial charge in [0.25, 0.3) is 0 Å². The van der Waals surface area contributed by atoms with Gasteiger partial charge in [0.05, 0.1) is 6.04 Å². The molecule has 0 bridgehead atoms. The normalized spacial score (nSPS) is 23.2. The fraction of sp³-hybridized carbons (Fsp3) is 0.833. The van der Waals surface area contributed by atoms with Crippen LogP contribution in [0.5, 0.6) is 0 Å². The number of nitrogens with zero attached hydrogens (tertiary/aromatic N) is 2. The Morgan fingerprint density at radius 2 is 2.00 bits per heavy atom. The molecule has 1 aromatic rings. The third kappa shape index (κ3) is 2.43. The molecule has 0 aliphatic heterocycles. The van der Waals surface area contributed by atoms with Gasteiger partial charge < -0.3 is 10.3 Å². The average Bonchev–Trinajstić information content (AvgIpc) is 2.66. The van der Waals surface area contributed by atoms with Crippen molar-refractivity contribution in [1.29, 1.82) is 0 Å². The van der Waals surface area contributed by atoms with Crippen LogP contribution in [0.1, 0.15) is 70.1 Å². The fourth-order valence-corrected chi connectivity index (χ4v) is 2.26. The van der Waals surface area contributed by atoms with Crippen LogP contribution < -0.4 is 5.73 Å². The minimum absolute atomic E-state index is 0.165. The summed E-state index contributed by atoms with van der Waals surface area (Å²) in [6.45, 7) is 6.51. The summed E-state index contributed by atoms with van der Waals surface area (Å²) in [6.07, 6.45) is 4.79. The van der Waals surface area contributed by atoms with E-state index in [1.165, 1.54) is 12.8 Å². The van der Waals surface area contributed by atoms with Gasteiger partial charge in [0.1, 0.15) is 0 Å². The van der Waals surface area contributed by atoms with E-state index >= 15 is 0 Å². The van der Waals surface area contributed by atoms with Crippen molar-refractivity contribution in [3.63, 3.8) is 0 Å². The first-order valence-electron chi connectivity index (χ1n) is 6.07. The van der Waals surface area contributed by atoms with E-state index in [1.54, 1.807) is 0 Å². The maximum Gasteiger partial charge on any atom is 0.243 e. The molecular formula is C12H21N3O. The van der Waals surface area contributed by atoms with Gasteiger partial charge in [0.15, 0.2) is 5.82 Å². The molecule has 0 unspecified atom stereocenters. The Labute approximate surface area is 96.6 Å². The highest BCUT2D eigenvalue weighted by Gasteiger charge is 2.30. The Bertz CT molecular complexity index is 347. The van der Waals surface area contributed by atoms with Gasteiger partial charge in [-0.1, -0.05) is 19.0 Å². The first-order chi connectivity index (χ1) is 7.48. The lowest BCUT2D eigenvalue weighted by atomic mass is 9.73. The Morgan fingerprint density at radius 1 is 1.38 bits per heavy atom. The van der Waals surface area contributed by atoms with Gasteiger partial charge in [0, 0.05) is 5.92 Å². The van der Waals surface area contributed by atoms with Crippen molar-refractivity contribution in [3.8, 4) is 0 Å². The number of hydrogen-bond acceptors (Lipinski definition) is 4. The molecule has 4 nitrogen and oxygen atoms in total. The third-order valence-corrected chi connectivity index (χ3v) is 3.55. The minimum atomic E-state index is -0.165. The zero-order valence-corrected chi connectivity index (χ0v) is 10.4. The maximum atomic E-state index is 5.70. The molecule has 0 saturated heterocycles. The predicted octanol–water partition coefficient (Wildman–Crippen LogP) is 2.77. The van der Waals surface area contributed by atoms with E-state index in [0.717, 1.165) is 18.7 Å². The topological polar surface area (TPSA) is 64.9 Å². The first-order valence-corrected chi connectivity index (χ1v) is 6.07. The van der Waals surface area contributed by atoms with Crippen molar-refractivity contribution in [2.45, 2.75) is 58.4 Å². The molecule has 16 heavy (non-hydrogen) atoms. The molecule has 2 rings (SSSR count). The molecule has 0 spiro atoms. The van der Waals surface area contributed by atoms with Crippen LogP contribution in [0.15, 0.2) is 4.52 Å². The van der Waals surface area contributed by atoms with Gasteiger partial charge in [-0.2, -0.15) is 4.98 Å². The summed E-state index contributed by atoms with van der Waals surface area (Å²) in [5, 5.41) is 4.04. The van der Waals surface area contributed by atoms with Crippen molar-refractivity contribution in [1.82, 2.24) is 10.1 Å². The highest BCUT2D eigenvalue weighted by Crippen LogP contribution is 2.41. The Balaban J connectivity index is 2.03. The molecule has 1 aliphatic rings. The lowest BCUT2D eigenvalue weighted by Gasteiger charge is -2.32. The highest BCUT2D eigenvalue weighted by atomic mass is 16.5. The average molecular weight is 223 g/mol. The Kier molecular flexibility index (Phi) is 3.02. The molecule has 1 atom stereocenters. The summed E-state index contributed by atoms with van der Waals surface area (Å²) in [5.41, 5.74) is 6.18. The molecule has 1 saturated carbocycles. The number of aromatic nitrogens is 2. The van der Waals surface area contributed by atoms with E-state index in [-0.39, 0.29) is 6.04 Å². The lowest BCUT2D eigenvalue weighted by Crippen LogP contribution is -2.20. The van der Waals surface area contributed by atoms with Crippen LogP contribution >= 0.6 is 0 Å². The summed E-state index contributed by atoms with van der Waals surface area (Å²) < 4.78 is 5.15. The van der Waals surface area contributed by atoms with Crippen LogP contribution in [0.2, 0.25) is 0 Å². The molecule has 1 fully saturated rings. The minimum Gasteiger partial charge on any atom is -0.338 e. The van der Waals surface area contributed by atoms with Gasteiger partial charge in [-0.05, 0) is 38.0 Å². The molecule has 1 aliphatic carbocycles. The summed E-state index contributed by atoms with van der Waals surface area (Å²) in [6, 6.07) is -0.165. The molecule has 0 aromatic carbocycles. The van der Waals surface area contributed by atoms with Gasteiger partial charge in [-0.25, -0.2) is 0 Å².